The first-order valence-electron chi connectivity index (χ1n) is 9.22. The van der Waals surface area contributed by atoms with Gasteiger partial charge >= 0.3 is 0 Å². The highest BCUT2D eigenvalue weighted by Crippen LogP contribution is 2.40. The molecule has 0 heterocycles. The van der Waals surface area contributed by atoms with Crippen LogP contribution in [0.3, 0.4) is 0 Å². The Balaban J connectivity index is 1.93. The molecule has 2 nitrogen and oxygen atoms in total. The Kier molecular flexibility index (Phi) is 5.76. The smallest absolute Gasteiger partial charge is 0.00967 e. The molecule has 2 rings (SSSR count). The fourth-order valence-corrected chi connectivity index (χ4v) is 4.33. The number of hydrogen-bond acceptors (Lipinski definition) is 2. The van der Waals surface area contributed by atoms with Crippen molar-refractivity contribution in [3.05, 3.63) is 0 Å². The monoisotopic (exact) mass is 294 g/mol. The first-order chi connectivity index (χ1) is 9.78. The van der Waals surface area contributed by atoms with E-state index in [4.69, 9.17) is 0 Å². The minimum Gasteiger partial charge on any atom is -0.311 e. The summed E-state index contributed by atoms with van der Waals surface area (Å²) < 4.78 is 0. The van der Waals surface area contributed by atoms with E-state index in [1.54, 1.807) is 0 Å². The largest absolute Gasteiger partial charge is 0.311 e. The van der Waals surface area contributed by atoms with Crippen molar-refractivity contribution in [1.29, 1.82) is 0 Å². The van der Waals surface area contributed by atoms with Gasteiger partial charge in [0, 0.05) is 25.2 Å². The lowest BCUT2D eigenvalue weighted by molar-refractivity contribution is 0.0709. The molecule has 2 aliphatic rings. The highest BCUT2D eigenvalue weighted by Gasteiger charge is 2.37. The average molecular weight is 295 g/mol. The zero-order chi connectivity index (χ0) is 15.5. The molecule has 0 spiro atoms. The third-order valence-corrected chi connectivity index (χ3v) is 5.58. The summed E-state index contributed by atoms with van der Waals surface area (Å²) in [4.78, 5) is 2.65. The molecule has 0 radical (unpaired) electrons. The number of hydrogen-bond donors (Lipinski definition) is 1. The fourth-order valence-electron chi connectivity index (χ4n) is 4.33. The third kappa shape index (κ3) is 5.56. The lowest BCUT2D eigenvalue weighted by Crippen LogP contribution is -2.50. The van der Waals surface area contributed by atoms with E-state index in [0.717, 1.165) is 11.8 Å². The Hall–Kier alpha value is -0.0800. The van der Waals surface area contributed by atoms with Gasteiger partial charge in [0.15, 0.2) is 0 Å². The Morgan fingerprint density at radius 1 is 1.14 bits per heavy atom. The number of nitrogens with one attached hydrogen (secondary N) is 1. The molecule has 2 fully saturated rings. The van der Waals surface area contributed by atoms with Crippen molar-refractivity contribution in [3.8, 4) is 0 Å². The van der Waals surface area contributed by atoms with Crippen LogP contribution >= 0.6 is 0 Å². The molecule has 0 saturated heterocycles. The number of nitrogens with zero attached hydrogens (tertiary/aromatic N) is 1. The first kappa shape index (κ1) is 17.3. The van der Waals surface area contributed by atoms with Crippen LogP contribution in [0.1, 0.15) is 72.6 Å². The van der Waals surface area contributed by atoms with Gasteiger partial charge in [-0.25, -0.2) is 0 Å². The molecule has 2 aliphatic carbocycles. The molecule has 21 heavy (non-hydrogen) atoms. The minimum absolute atomic E-state index is 0.236. The predicted octanol–water partition coefficient (Wildman–Crippen LogP) is 4.30. The van der Waals surface area contributed by atoms with Gasteiger partial charge in [0.05, 0.1) is 0 Å². The van der Waals surface area contributed by atoms with Crippen molar-refractivity contribution >= 4 is 0 Å². The summed E-state index contributed by atoms with van der Waals surface area (Å²) in [7, 11) is 2.36. The van der Waals surface area contributed by atoms with E-state index >= 15 is 0 Å². The van der Waals surface area contributed by atoms with E-state index < -0.39 is 0 Å². The third-order valence-electron chi connectivity index (χ3n) is 5.58. The summed E-state index contributed by atoms with van der Waals surface area (Å²) >= 11 is 0. The Bertz CT molecular complexity index is 316. The predicted molar refractivity (Wildman–Crippen MR) is 92.7 cm³/mol. The van der Waals surface area contributed by atoms with E-state index in [-0.39, 0.29) is 5.54 Å². The number of rotatable bonds is 6. The van der Waals surface area contributed by atoms with Crippen molar-refractivity contribution in [2.24, 2.45) is 17.3 Å². The normalized spacial score (nSPS) is 31.4. The van der Waals surface area contributed by atoms with Gasteiger partial charge in [-0.1, -0.05) is 26.2 Å². The molecule has 0 bridgehead atoms. The Labute approximate surface area is 133 Å². The summed E-state index contributed by atoms with van der Waals surface area (Å²) in [6.07, 6.45) is 10.1. The van der Waals surface area contributed by atoms with E-state index in [9.17, 15) is 0 Å². The van der Waals surface area contributed by atoms with Gasteiger partial charge in [-0.3, -0.25) is 0 Å². The minimum atomic E-state index is 0.236. The van der Waals surface area contributed by atoms with E-state index in [0.29, 0.717) is 5.41 Å². The van der Waals surface area contributed by atoms with Gasteiger partial charge in [-0.15, -0.1) is 0 Å². The Morgan fingerprint density at radius 3 is 2.38 bits per heavy atom. The van der Waals surface area contributed by atoms with Gasteiger partial charge < -0.3 is 10.2 Å². The van der Waals surface area contributed by atoms with Crippen LogP contribution in [0.15, 0.2) is 0 Å². The summed E-state index contributed by atoms with van der Waals surface area (Å²) in [5.74, 6) is 1.89. The molecule has 0 aromatic carbocycles. The molecule has 0 aliphatic heterocycles. The first-order valence-corrected chi connectivity index (χ1v) is 9.22. The van der Waals surface area contributed by atoms with E-state index in [1.807, 2.05) is 0 Å². The summed E-state index contributed by atoms with van der Waals surface area (Å²) in [5.41, 5.74) is 0.740. The van der Waals surface area contributed by atoms with Crippen LogP contribution in [0.25, 0.3) is 0 Å². The van der Waals surface area contributed by atoms with Crippen LogP contribution in [-0.4, -0.2) is 37.1 Å². The summed E-state index contributed by atoms with van der Waals surface area (Å²) in [6, 6.07) is 0. The van der Waals surface area contributed by atoms with Gasteiger partial charge in [-0.2, -0.15) is 0 Å². The standard InChI is InChI=1S/C19H38N2/c1-16-8-7-11-19(12-16,14-20-18(2,3)4)15-21(5)13-17-9-6-10-17/h16-17,20H,6-15H2,1-5H3. The molecule has 2 atom stereocenters. The van der Waals surface area contributed by atoms with Gasteiger partial charge in [0.1, 0.15) is 0 Å². The molecule has 0 aromatic rings. The molecule has 0 amide bonds. The van der Waals surface area contributed by atoms with E-state index in [2.05, 4.69) is 45.0 Å². The molecular formula is C19H38N2. The lowest BCUT2D eigenvalue weighted by atomic mass is 9.69. The Morgan fingerprint density at radius 2 is 1.86 bits per heavy atom. The second-order valence-corrected chi connectivity index (χ2v) is 9.30. The van der Waals surface area contributed by atoms with Crippen LogP contribution < -0.4 is 5.32 Å². The molecular weight excluding hydrogens is 256 g/mol. The van der Waals surface area contributed by atoms with Crippen LogP contribution in [0, 0.1) is 17.3 Å². The van der Waals surface area contributed by atoms with Gasteiger partial charge in [0.25, 0.3) is 0 Å². The molecule has 2 heteroatoms. The SMILES string of the molecule is CC1CCCC(CNC(C)(C)C)(CN(C)CC2CCC2)C1. The zero-order valence-electron chi connectivity index (χ0n) is 15.2. The second-order valence-electron chi connectivity index (χ2n) is 9.30. The fraction of sp³-hybridized carbons (Fsp3) is 1.00. The van der Waals surface area contributed by atoms with Crippen molar-refractivity contribution in [3.63, 3.8) is 0 Å². The molecule has 2 saturated carbocycles. The van der Waals surface area contributed by atoms with E-state index in [1.165, 1.54) is 64.6 Å². The van der Waals surface area contributed by atoms with Crippen molar-refractivity contribution in [2.75, 3.05) is 26.7 Å². The van der Waals surface area contributed by atoms with Crippen molar-refractivity contribution in [2.45, 2.75) is 78.2 Å². The summed E-state index contributed by atoms with van der Waals surface area (Å²) in [5, 5.41) is 3.81. The maximum Gasteiger partial charge on any atom is 0.00967 e. The van der Waals surface area contributed by atoms with Crippen LogP contribution in [0.5, 0.6) is 0 Å². The lowest BCUT2D eigenvalue weighted by Gasteiger charge is -2.45. The summed E-state index contributed by atoms with van der Waals surface area (Å²) in [6.45, 7) is 13.1. The molecule has 1 N–H and O–H groups in total. The quantitative estimate of drug-likeness (QED) is 0.785. The van der Waals surface area contributed by atoms with Crippen molar-refractivity contribution < 1.29 is 0 Å². The van der Waals surface area contributed by atoms with Crippen molar-refractivity contribution in [1.82, 2.24) is 10.2 Å². The molecule has 0 aromatic heterocycles. The zero-order valence-corrected chi connectivity index (χ0v) is 15.2. The van der Waals surface area contributed by atoms with Crippen LogP contribution in [0.2, 0.25) is 0 Å². The maximum absolute atomic E-state index is 3.81. The topological polar surface area (TPSA) is 15.3 Å². The van der Waals surface area contributed by atoms with Crippen LogP contribution in [-0.2, 0) is 0 Å². The van der Waals surface area contributed by atoms with Crippen LogP contribution in [0.4, 0.5) is 0 Å². The van der Waals surface area contributed by atoms with Gasteiger partial charge in [-0.05, 0) is 70.8 Å². The highest BCUT2D eigenvalue weighted by atomic mass is 15.1. The highest BCUT2D eigenvalue weighted by molar-refractivity contribution is 4.91. The maximum atomic E-state index is 3.81. The average Bonchev–Trinajstić information content (AvgIpc) is 2.31. The molecule has 2 unspecified atom stereocenters. The second kappa shape index (κ2) is 7.00. The molecule has 124 valence electrons. The van der Waals surface area contributed by atoms with Gasteiger partial charge in [0.2, 0.25) is 0 Å².